The van der Waals surface area contributed by atoms with Crippen LogP contribution in [0.4, 0.5) is 0 Å². The van der Waals surface area contributed by atoms with Crippen LogP contribution in [0.1, 0.15) is 19.8 Å². The van der Waals surface area contributed by atoms with Crippen molar-refractivity contribution in [3.8, 4) is 0 Å². The number of rotatable bonds is 5. The summed E-state index contributed by atoms with van der Waals surface area (Å²) < 4.78 is 5.35. The van der Waals surface area contributed by atoms with E-state index < -0.39 is 5.97 Å². The van der Waals surface area contributed by atoms with E-state index in [0.29, 0.717) is 5.92 Å². The lowest BCUT2D eigenvalue weighted by atomic mass is 9.98. The Morgan fingerprint density at radius 3 is 2.64 bits per heavy atom. The molecule has 0 aromatic rings. The Morgan fingerprint density at radius 1 is 1.50 bits per heavy atom. The van der Waals surface area contributed by atoms with Crippen molar-refractivity contribution in [3.05, 3.63) is 0 Å². The van der Waals surface area contributed by atoms with Gasteiger partial charge in [-0.25, -0.2) is 0 Å². The number of hydrogen-bond acceptors (Lipinski definition) is 3. The normalized spacial score (nSPS) is 19.8. The lowest BCUT2D eigenvalue weighted by Crippen LogP contribution is -2.38. The number of piperidine rings is 1. The molecule has 0 aromatic carbocycles. The van der Waals surface area contributed by atoms with E-state index in [-0.39, 0.29) is 6.54 Å². The van der Waals surface area contributed by atoms with Crippen molar-refractivity contribution < 1.29 is 14.6 Å². The summed E-state index contributed by atoms with van der Waals surface area (Å²) in [6, 6.07) is 0. The van der Waals surface area contributed by atoms with Gasteiger partial charge in [-0.05, 0) is 38.8 Å². The molecule has 0 aromatic heterocycles. The molecule has 1 saturated heterocycles. The number of likely N-dealkylation sites (tertiary alicyclic amines) is 1. The predicted octanol–water partition coefficient (Wildman–Crippen LogP) is 0.820. The molecule has 1 rings (SSSR count). The Hall–Kier alpha value is -0.610. The average Bonchev–Trinajstić information content (AvgIpc) is 2.16. The maximum atomic E-state index is 10.5. The van der Waals surface area contributed by atoms with Crippen molar-refractivity contribution in [2.24, 2.45) is 5.92 Å². The van der Waals surface area contributed by atoms with Crippen molar-refractivity contribution in [2.75, 3.05) is 32.8 Å². The molecule has 1 aliphatic rings. The van der Waals surface area contributed by atoms with Gasteiger partial charge in [0.05, 0.1) is 6.54 Å². The van der Waals surface area contributed by atoms with Crippen molar-refractivity contribution in [3.63, 3.8) is 0 Å². The van der Waals surface area contributed by atoms with Crippen molar-refractivity contribution in [2.45, 2.75) is 19.8 Å². The summed E-state index contributed by atoms with van der Waals surface area (Å²) in [4.78, 5) is 12.4. The molecule has 1 N–H and O–H groups in total. The highest BCUT2D eigenvalue weighted by Gasteiger charge is 2.20. The van der Waals surface area contributed by atoms with Crippen LogP contribution in [0.5, 0.6) is 0 Å². The number of nitrogens with zero attached hydrogens (tertiary/aromatic N) is 1. The number of carboxylic acids is 1. The number of carbonyl (C=O) groups is 1. The van der Waals surface area contributed by atoms with Crippen LogP contribution in [-0.2, 0) is 9.53 Å². The molecule has 0 saturated carbocycles. The second-order valence-electron chi connectivity index (χ2n) is 3.77. The quantitative estimate of drug-likeness (QED) is 0.715. The van der Waals surface area contributed by atoms with Crippen molar-refractivity contribution in [1.29, 1.82) is 0 Å². The van der Waals surface area contributed by atoms with Gasteiger partial charge in [0.15, 0.2) is 0 Å². The second-order valence-corrected chi connectivity index (χ2v) is 3.77. The first kappa shape index (κ1) is 11.5. The first-order valence-electron chi connectivity index (χ1n) is 5.24. The van der Waals surface area contributed by atoms with Crippen LogP contribution >= 0.6 is 0 Å². The SMILES string of the molecule is CCOCC1CCN(CC(=O)O)CC1. The maximum absolute atomic E-state index is 10.5. The number of hydrogen-bond donors (Lipinski definition) is 1. The molecule has 0 radical (unpaired) electrons. The number of ether oxygens (including phenoxy) is 1. The van der Waals surface area contributed by atoms with Gasteiger partial charge >= 0.3 is 5.97 Å². The minimum atomic E-state index is -0.728. The molecule has 1 fully saturated rings. The topological polar surface area (TPSA) is 49.8 Å². The van der Waals surface area contributed by atoms with Crippen molar-refractivity contribution >= 4 is 5.97 Å². The highest BCUT2D eigenvalue weighted by atomic mass is 16.5. The third-order valence-corrected chi connectivity index (χ3v) is 2.62. The molecule has 4 nitrogen and oxygen atoms in total. The molecule has 1 heterocycles. The van der Waals surface area contributed by atoms with E-state index in [9.17, 15) is 4.79 Å². The minimum Gasteiger partial charge on any atom is -0.480 e. The largest absolute Gasteiger partial charge is 0.480 e. The van der Waals surface area contributed by atoms with Crippen LogP contribution in [0.3, 0.4) is 0 Å². The maximum Gasteiger partial charge on any atom is 0.317 e. The zero-order valence-corrected chi connectivity index (χ0v) is 8.74. The van der Waals surface area contributed by atoms with Crippen LogP contribution in [0, 0.1) is 5.92 Å². The predicted molar refractivity (Wildman–Crippen MR) is 53.3 cm³/mol. The number of carboxylic acid groups (broad SMARTS) is 1. The molecule has 0 spiro atoms. The zero-order valence-electron chi connectivity index (χ0n) is 8.74. The van der Waals surface area contributed by atoms with Gasteiger partial charge in [0, 0.05) is 13.2 Å². The molecule has 0 atom stereocenters. The molecule has 1 aliphatic heterocycles. The second kappa shape index (κ2) is 5.98. The van der Waals surface area contributed by atoms with Gasteiger partial charge in [-0.15, -0.1) is 0 Å². The molecule has 82 valence electrons. The molecule has 0 aliphatic carbocycles. The molecule has 4 heteroatoms. The van der Waals surface area contributed by atoms with Crippen LogP contribution in [0.2, 0.25) is 0 Å². The van der Waals surface area contributed by atoms with E-state index in [0.717, 1.165) is 39.1 Å². The summed E-state index contributed by atoms with van der Waals surface area (Å²) >= 11 is 0. The van der Waals surface area contributed by atoms with Gasteiger partial charge in [-0.1, -0.05) is 0 Å². The highest BCUT2D eigenvalue weighted by molar-refractivity contribution is 5.69. The van der Waals surface area contributed by atoms with Gasteiger partial charge in [0.25, 0.3) is 0 Å². The summed E-state index contributed by atoms with van der Waals surface area (Å²) in [6.45, 7) is 5.57. The molecule has 14 heavy (non-hydrogen) atoms. The fraction of sp³-hybridized carbons (Fsp3) is 0.900. The third kappa shape index (κ3) is 4.07. The van der Waals surface area contributed by atoms with Gasteiger partial charge in [0.1, 0.15) is 0 Å². The molecule has 0 bridgehead atoms. The smallest absolute Gasteiger partial charge is 0.317 e. The molecule has 0 amide bonds. The highest BCUT2D eigenvalue weighted by Crippen LogP contribution is 2.16. The minimum absolute atomic E-state index is 0.182. The van der Waals surface area contributed by atoms with E-state index in [4.69, 9.17) is 9.84 Å². The standard InChI is InChI=1S/C10H19NO3/c1-2-14-8-9-3-5-11(6-4-9)7-10(12)13/h9H,2-8H2,1H3,(H,12,13). The van der Waals surface area contributed by atoms with Gasteiger partial charge in [0.2, 0.25) is 0 Å². The Labute approximate surface area is 84.8 Å². The Kier molecular flexibility index (Phi) is 4.90. The fourth-order valence-electron chi connectivity index (χ4n) is 1.79. The van der Waals surface area contributed by atoms with Crippen LogP contribution in [0.15, 0.2) is 0 Å². The average molecular weight is 201 g/mol. The lowest BCUT2D eigenvalue weighted by molar-refractivity contribution is -0.138. The van der Waals surface area contributed by atoms with E-state index in [1.807, 2.05) is 11.8 Å². The lowest BCUT2D eigenvalue weighted by Gasteiger charge is -2.30. The number of aliphatic carboxylic acids is 1. The van der Waals surface area contributed by atoms with Crippen LogP contribution < -0.4 is 0 Å². The van der Waals surface area contributed by atoms with E-state index in [1.54, 1.807) is 0 Å². The van der Waals surface area contributed by atoms with E-state index in [2.05, 4.69) is 0 Å². The summed E-state index contributed by atoms with van der Waals surface area (Å²) in [6.07, 6.45) is 2.13. The Bertz CT molecular complexity index is 176. The summed E-state index contributed by atoms with van der Waals surface area (Å²) in [5.74, 6) is -0.103. The van der Waals surface area contributed by atoms with Gasteiger partial charge < -0.3 is 9.84 Å². The molecular weight excluding hydrogens is 182 g/mol. The van der Waals surface area contributed by atoms with Crippen LogP contribution in [0.25, 0.3) is 0 Å². The monoisotopic (exact) mass is 201 g/mol. The van der Waals surface area contributed by atoms with Gasteiger partial charge in [-0.3, -0.25) is 9.69 Å². The molecular formula is C10H19NO3. The summed E-state index contributed by atoms with van der Waals surface area (Å²) in [5.41, 5.74) is 0. The first-order chi connectivity index (χ1) is 6.72. The first-order valence-corrected chi connectivity index (χ1v) is 5.24. The van der Waals surface area contributed by atoms with Crippen LogP contribution in [-0.4, -0.2) is 48.8 Å². The van der Waals surface area contributed by atoms with Crippen molar-refractivity contribution in [1.82, 2.24) is 4.90 Å². The Morgan fingerprint density at radius 2 is 2.14 bits per heavy atom. The Balaban J connectivity index is 2.14. The summed E-state index contributed by atoms with van der Waals surface area (Å²) in [7, 11) is 0. The van der Waals surface area contributed by atoms with E-state index >= 15 is 0 Å². The zero-order chi connectivity index (χ0) is 10.4. The van der Waals surface area contributed by atoms with E-state index in [1.165, 1.54) is 0 Å². The third-order valence-electron chi connectivity index (χ3n) is 2.62. The van der Waals surface area contributed by atoms with Gasteiger partial charge in [-0.2, -0.15) is 0 Å². The summed E-state index contributed by atoms with van der Waals surface area (Å²) in [5, 5.41) is 8.61. The fourth-order valence-corrected chi connectivity index (χ4v) is 1.79. The molecule has 0 unspecified atom stereocenters.